The molecule has 0 saturated heterocycles. The Bertz CT molecular complexity index is 657. The number of methoxy groups -OCH3 is 1. The van der Waals surface area contributed by atoms with Gasteiger partial charge in [-0.1, -0.05) is 11.6 Å². The van der Waals surface area contributed by atoms with Crippen LogP contribution in [0.1, 0.15) is 11.1 Å². The fourth-order valence-corrected chi connectivity index (χ4v) is 2.78. The van der Waals surface area contributed by atoms with Crippen molar-refractivity contribution in [3.63, 3.8) is 0 Å². The van der Waals surface area contributed by atoms with Crippen LogP contribution >= 0.6 is 11.6 Å². The first kappa shape index (κ1) is 14.1. The summed E-state index contributed by atoms with van der Waals surface area (Å²) in [6.07, 6.45) is 1.03. The number of nitrogens with one attached hydrogen (secondary N) is 1. The second-order valence-corrected chi connectivity index (χ2v) is 5.69. The number of rotatable bonds is 4. The van der Waals surface area contributed by atoms with Gasteiger partial charge in [0.05, 0.1) is 13.7 Å². The normalized spacial score (nSPS) is 16.2. The number of anilines is 1. The number of benzene rings is 2. The minimum Gasteiger partial charge on any atom is -0.497 e. The molecular weight excluding hydrogens is 286 g/mol. The molecule has 1 aliphatic rings. The highest BCUT2D eigenvalue weighted by Crippen LogP contribution is 2.31. The molecular formula is C17H18ClNO2. The molecule has 0 aliphatic carbocycles. The molecule has 2 aromatic carbocycles. The number of halogens is 1. The molecule has 21 heavy (non-hydrogen) atoms. The van der Waals surface area contributed by atoms with Crippen molar-refractivity contribution in [2.75, 3.05) is 19.0 Å². The average Bonchev–Trinajstić information content (AvgIpc) is 2.87. The molecule has 0 aromatic heterocycles. The molecule has 0 bridgehead atoms. The van der Waals surface area contributed by atoms with Crippen LogP contribution in [-0.4, -0.2) is 19.8 Å². The van der Waals surface area contributed by atoms with E-state index in [1.54, 1.807) is 7.11 Å². The Kier molecular flexibility index (Phi) is 3.93. The zero-order valence-electron chi connectivity index (χ0n) is 12.2. The van der Waals surface area contributed by atoms with E-state index >= 15 is 0 Å². The predicted molar refractivity (Wildman–Crippen MR) is 85.8 cm³/mol. The van der Waals surface area contributed by atoms with Crippen LogP contribution in [0.25, 0.3) is 0 Å². The fourth-order valence-electron chi connectivity index (χ4n) is 2.59. The Morgan fingerprint density at radius 2 is 2.14 bits per heavy atom. The van der Waals surface area contributed by atoms with E-state index in [1.165, 1.54) is 5.56 Å². The van der Waals surface area contributed by atoms with E-state index in [4.69, 9.17) is 21.1 Å². The number of hydrogen-bond acceptors (Lipinski definition) is 3. The summed E-state index contributed by atoms with van der Waals surface area (Å²) in [6.45, 7) is 2.83. The minimum absolute atomic E-state index is 0.139. The first-order valence-electron chi connectivity index (χ1n) is 6.99. The van der Waals surface area contributed by atoms with Crippen molar-refractivity contribution in [2.24, 2.45) is 0 Å². The Hall–Kier alpha value is -1.87. The molecule has 1 unspecified atom stereocenters. The van der Waals surface area contributed by atoms with Crippen LogP contribution in [0.2, 0.25) is 5.02 Å². The number of fused-ring (bicyclic) bond motifs is 1. The topological polar surface area (TPSA) is 30.5 Å². The van der Waals surface area contributed by atoms with Crippen LogP contribution in [0.15, 0.2) is 36.4 Å². The Morgan fingerprint density at radius 1 is 1.29 bits per heavy atom. The van der Waals surface area contributed by atoms with Crippen LogP contribution in [0, 0.1) is 6.92 Å². The monoisotopic (exact) mass is 303 g/mol. The van der Waals surface area contributed by atoms with Gasteiger partial charge >= 0.3 is 0 Å². The Morgan fingerprint density at radius 3 is 2.90 bits per heavy atom. The third kappa shape index (κ3) is 3.08. The Labute approximate surface area is 129 Å². The van der Waals surface area contributed by atoms with Crippen LogP contribution < -0.4 is 14.8 Å². The summed E-state index contributed by atoms with van der Waals surface area (Å²) in [5.41, 5.74) is 3.45. The molecule has 1 aliphatic heterocycles. The lowest BCUT2D eigenvalue weighted by atomic mass is 10.1. The molecule has 0 saturated carbocycles. The molecule has 1 atom stereocenters. The van der Waals surface area contributed by atoms with E-state index < -0.39 is 0 Å². The largest absolute Gasteiger partial charge is 0.497 e. The van der Waals surface area contributed by atoms with E-state index in [0.29, 0.717) is 0 Å². The van der Waals surface area contributed by atoms with Crippen molar-refractivity contribution in [3.8, 4) is 11.5 Å². The van der Waals surface area contributed by atoms with Gasteiger partial charge in [-0.25, -0.2) is 0 Å². The standard InChI is InChI=1S/C17H18ClNO2/c1-11-7-14(20-2)4-5-16(11)19-10-15-9-12-8-13(18)3-6-17(12)21-15/h3-8,15,19H,9-10H2,1-2H3. The third-order valence-corrected chi connectivity index (χ3v) is 3.95. The summed E-state index contributed by atoms with van der Waals surface area (Å²) >= 11 is 6.01. The summed E-state index contributed by atoms with van der Waals surface area (Å²) in [5, 5.41) is 4.20. The third-order valence-electron chi connectivity index (χ3n) is 3.72. The molecule has 4 heteroatoms. The smallest absolute Gasteiger partial charge is 0.123 e. The molecule has 3 nitrogen and oxygen atoms in total. The van der Waals surface area contributed by atoms with Crippen molar-refractivity contribution in [1.82, 2.24) is 0 Å². The van der Waals surface area contributed by atoms with Crippen molar-refractivity contribution < 1.29 is 9.47 Å². The lowest BCUT2D eigenvalue weighted by Gasteiger charge is -2.15. The summed E-state index contributed by atoms with van der Waals surface area (Å²) in [5.74, 6) is 1.81. The van der Waals surface area contributed by atoms with Gasteiger partial charge in [0.2, 0.25) is 0 Å². The molecule has 110 valence electrons. The van der Waals surface area contributed by atoms with Crippen molar-refractivity contribution >= 4 is 17.3 Å². The fraction of sp³-hybridized carbons (Fsp3) is 0.294. The van der Waals surface area contributed by atoms with Crippen LogP contribution in [0.4, 0.5) is 5.69 Å². The summed E-state index contributed by atoms with van der Waals surface area (Å²) in [6, 6.07) is 11.8. The molecule has 0 radical (unpaired) electrons. The van der Waals surface area contributed by atoms with Gasteiger partial charge < -0.3 is 14.8 Å². The highest BCUT2D eigenvalue weighted by atomic mass is 35.5. The quantitative estimate of drug-likeness (QED) is 0.923. The van der Waals surface area contributed by atoms with Gasteiger partial charge in [0.15, 0.2) is 0 Å². The highest BCUT2D eigenvalue weighted by Gasteiger charge is 2.22. The van der Waals surface area contributed by atoms with Gasteiger partial charge in [-0.2, -0.15) is 0 Å². The maximum atomic E-state index is 6.01. The van der Waals surface area contributed by atoms with Gasteiger partial charge in [-0.3, -0.25) is 0 Å². The summed E-state index contributed by atoms with van der Waals surface area (Å²) in [7, 11) is 1.68. The van der Waals surface area contributed by atoms with Crippen molar-refractivity contribution in [2.45, 2.75) is 19.4 Å². The molecule has 3 rings (SSSR count). The molecule has 0 fully saturated rings. The lowest BCUT2D eigenvalue weighted by molar-refractivity contribution is 0.246. The molecule has 1 heterocycles. The summed E-state index contributed by atoms with van der Waals surface area (Å²) in [4.78, 5) is 0. The van der Waals surface area contributed by atoms with Gasteiger partial charge in [-0.15, -0.1) is 0 Å². The molecule has 2 aromatic rings. The van der Waals surface area contributed by atoms with Gasteiger partial charge in [-0.05, 0) is 54.4 Å². The number of ether oxygens (including phenoxy) is 2. The molecule has 0 spiro atoms. The van der Waals surface area contributed by atoms with Crippen LogP contribution in [0.3, 0.4) is 0 Å². The van der Waals surface area contributed by atoms with E-state index in [2.05, 4.69) is 12.2 Å². The first-order chi connectivity index (χ1) is 10.2. The van der Waals surface area contributed by atoms with Gasteiger partial charge in [0, 0.05) is 17.1 Å². The molecule has 1 N–H and O–H groups in total. The van der Waals surface area contributed by atoms with Gasteiger partial charge in [0.25, 0.3) is 0 Å². The number of hydrogen-bond donors (Lipinski definition) is 1. The minimum atomic E-state index is 0.139. The van der Waals surface area contributed by atoms with Crippen LogP contribution in [0.5, 0.6) is 11.5 Å². The second kappa shape index (κ2) is 5.86. The Balaban J connectivity index is 1.62. The van der Waals surface area contributed by atoms with E-state index in [0.717, 1.165) is 40.7 Å². The van der Waals surface area contributed by atoms with E-state index in [1.807, 2.05) is 36.4 Å². The molecule has 0 amide bonds. The van der Waals surface area contributed by atoms with Crippen molar-refractivity contribution in [1.29, 1.82) is 0 Å². The number of aryl methyl sites for hydroxylation is 1. The van der Waals surface area contributed by atoms with E-state index in [9.17, 15) is 0 Å². The summed E-state index contributed by atoms with van der Waals surface area (Å²) < 4.78 is 11.1. The second-order valence-electron chi connectivity index (χ2n) is 5.26. The van der Waals surface area contributed by atoms with Gasteiger partial charge in [0.1, 0.15) is 17.6 Å². The van der Waals surface area contributed by atoms with Crippen molar-refractivity contribution in [3.05, 3.63) is 52.5 Å². The average molecular weight is 304 g/mol. The zero-order chi connectivity index (χ0) is 14.8. The highest BCUT2D eigenvalue weighted by molar-refractivity contribution is 6.30. The first-order valence-corrected chi connectivity index (χ1v) is 7.37. The van der Waals surface area contributed by atoms with E-state index in [-0.39, 0.29) is 6.10 Å². The lowest BCUT2D eigenvalue weighted by Crippen LogP contribution is -2.24. The van der Waals surface area contributed by atoms with Crippen LogP contribution in [-0.2, 0) is 6.42 Å². The maximum absolute atomic E-state index is 6.01. The SMILES string of the molecule is COc1ccc(NCC2Cc3cc(Cl)ccc3O2)c(C)c1. The predicted octanol–water partition coefficient (Wildman–Crippen LogP) is 4.07. The zero-order valence-corrected chi connectivity index (χ0v) is 12.9. The maximum Gasteiger partial charge on any atom is 0.123 e.